The van der Waals surface area contributed by atoms with Gasteiger partial charge in [0.2, 0.25) is 0 Å². The first-order chi connectivity index (χ1) is 13.3. The maximum absolute atomic E-state index is 6.50. The lowest BCUT2D eigenvalue weighted by atomic mass is 10.1. The molecule has 27 heavy (non-hydrogen) atoms. The summed E-state index contributed by atoms with van der Waals surface area (Å²) in [4.78, 5) is 2.18. The maximum atomic E-state index is 6.50. The largest absolute Gasteiger partial charge is 0.309 e. The van der Waals surface area contributed by atoms with Gasteiger partial charge in [-0.1, -0.05) is 66.2 Å². The smallest absolute Gasteiger partial charge is 0.0647 e. The van der Waals surface area contributed by atoms with Crippen LogP contribution in [0.1, 0.15) is 11.1 Å². The number of rotatable bonds is 5. The molecule has 1 heterocycles. The number of benzene rings is 3. The lowest BCUT2D eigenvalue weighted by molar-refractivity contribution is 1.28. The van der Waals surface area contributed by atoms with Crippen LogP contribution in [0, 0.1) is 0 Å². The van der Waals surface area contributed by atoms with E-state index in [-0.39, 0.29) is 0 Å². The van der Waals surface area contributed by atoms with Crippen molar-refractivity contribution >= 4 is 52.2 Å². The van der Waals surface area contributed by atoms with Crippen molar-refractivity contribution in [2.24, 2.45) is 0 Å². The van der Waals surface area contributed by atoms with E-state index >= 15 is 0 Å². The molecule has 3 heteroatoms. The zero-order valence-electron chi connectivity index (χ0n) is 14.6. The molecule has 1 nitrogen and oxygen atoms in total. The molecule has 0 spiro atoms. The summed E-state index contributed by atoms with van der Waals surface area (Å²) >= 11 is 8.21. The Kier molecular flexibility index (Phi) is 5.38. The molecule has 3 aromatic carbocycles. The Bertz CT molecular complexity index is 1020. The van der Waals surface area contributed by atoms with E-state index in [1.54, 1.807) is 11.3 Å². The first kappa shape index (κ1) is 17.6. The Morgan fingerprint density at radius 2 is 1.33 bits per heavy atom. The Morgan fingerprint density at radius 1 is 0.667 bits per heavy atom. The number of para-hydroxylation sites is 2. The van der Waals surface area contributed by atoms with E-state index in [0.29, 0.717) is 0 Å². The van der Waals surface area contributed by atoms with Gasteiger partial charge in [0.1, 0.15) is 0 Å². The van der Waals surface area contributed by atoms with E-state index < -0.39 is 0 Å². The molecule has 0 fully saturated rings. The predicted molar refractivity (Wildman–Crippen MR) is 119 cm³/mol. The summed E-state index contributed by atoms with van der Waals surface area (Å²) in [6.45, 7) is 0. The summed E-state index contributed by atoms with van der Waals surface area (Å²) in [5.74, 6) is 0. The Balaban J connectivity index is 1.69. The Hall–Kier alpha value is -2.81. The molecule has 0 aliphatic heterocycles. The molecule has 0 N–H and O–H groups in total. The third kappa shape index (κ3) is 4.13. The minimum atomic E-state index is 0.725. The summed E-state index contributed by atoms with van der Waals surface area (Å²) in [5, 5.41) is 4.95. The van der Waals surface area contributed by atoms with Crippen LogP contribution in [-0.2, 0) is 0 Å². The summed E-state index contributed by atoms with van der Waals surface area (Å²) in [6.07, 6.45) is 4.27. The van der Waals surface area contributed by atoms with Gasteiger partial charge in [0.15, 0.2) is 0 Å². The van der Waals surface area contributed by atoms with Crippen LogP contribution in [0.5, 0.6) is 0 Å². The quantitative estimate of drug-likeness (QED) is 0.335. The molecule has 4 rings (SSSR count). The predicted octanol–water partition coefficient (Wildman–Crippen LogP) is 8.04. The van der Waals surface area contributed by atoms with Crippen molar-refractivity contribution in [1.29, 1.82) is 0 Å². The highest BCUT2D eigenvalue weighted by molar-refractivity contribution is 7.08. The monoisotopic (exact) mass is 387 g/mol. The summed E-state index contributed by atoms with van der Waals surface area (Å²) in [5.41, 5.74) is 5.50. The minimum Gasteiger partial charge on any atom is -0.309 e. The molecule has 4 aromatic rings. The summed E-state index contributed by atoms with van der Waals surface area (Å²) in [6, 6.07) is 28.8. The van der Waals surface area contributed by atoms with Crippen molar-refractivity contribution in [3.63, 3.8) is 0 Å². The lowest BCUT2D eigenvalue weighted by Crippen LogP contribution is -2.10. The van der Waals surface area contributed by atoms with E-state index in [1.165, 1.54) is 5.56 Å². The van der Waals surface area contributed by atoms with Crippen molar-refractivity contribution in [3.8, 4) is 0 Å². The second-order valence-corrected chi connectivity index (χ2v) is 7.29. The van der Waals surface area contributed by atoms with Crippen LogP contribution in [0.3, 0.4) is 0 Å². The van der Waals surface area contributed by atoms with Gasteiger partial charge in [-0.25, -0.2) is 0 Å². The number of thiophene rings is 1. The second-order valence-electron chi connectivity index (χ2n) is 6.10. The third-order valence-corrected chi connectivity index (χ3v) is 5.29. The third-order valence-electron chi connectivity index (χ3n) is 4.27. The number of hydrogen-bond acceptors (Lipinski definition) is 2. The Labute approximate surface area is 168 Å². The van der Waals surface area contributed by atoms with Crippen LogP contribution in [-0.4, -0.2) is 0 Å². The van der Waals surface area contributed by atoms with Gasteiger partial charge in [0, 0.05) is 11.4 Å². The van der Waals surface area contributed by atoms with Crippen molar-refractivity contribution in [1.82, 2.24) is 0 Å². The number of hydrogen-bond donors (Lipinski definition) is 0. The molecule has 0 saturated carbocycles. The average Bonchev–Trinajstić information content (AvgIpc) is 3.24. The fraction of sp³-hybridized carbons (Fsp3) is 0. The molecular formula is C24H18ClNS. The minimum absolute atomic E-state index is 0.725. The van der Waals surface area contributed by atoms with Gasteiger partial charge < -0.3 is 4.90 Å². The number of anilines is 3. The van der Waals surface area contributed by atoms with Gasteiger partial charge in [-0.05, 0) is 64.4 Å². The first-order valence-electron chi connectivity index (χ1n) is 8.71. The number of halogens is 1. The molecule has 0 atom stereocenters. The van der Waals surface area contributed by atoms with Gasteiger partial charge in [-0.15, -0.1) is 0 Å². The van der Waals surface area contributed by atoms with Crippen LogP contribution in [0.25, 0.3) is 12.2 Å². The molecule has 1 aromatic heterocycles. The van der Waals surface area contributed by atoms with Gasteiger partial charge in [0.25, 0.3) is 0 Å². The van der Waals surface area contributed by atoms with Crippen LogP contribution in [0.15, 0.2) is 95.7 Å². The molecular weight excluding hydrogens is 370 g/mol. The standard InChI is InChI=1S/C24H18ClNS/c25-23-8-4-5-9-24(23)26(21-6-2-1-3-7-21)22-14-12-19(13-15-22)10-11-20-16-17-27-18-20/h1-18H. The van der Waals surface area contributed by atoms with Crippen LogP contribution >= 0.6 is 22.9 Å². The van der Waals surface area contributed by atoms with Crippen molar-refractivity contribution in [2.45, 2.75) is 0 Å². The normalized spacial score (nSPS) is 11.0. The van der Waals surface area contributed by atoms with E-state index in [1.807, 2.05) is 42.5 Å². The van der Waals surface area contributed by atoms with Crippen LogP contribution in [0.2, 0.25) is 5.02 Å². The van der Waals surface area contributed by atoms with Gasteiger partial charge >= 0.3 is 0 Å². The zero-order chi connectivity index (χ0) is 18.5. The molecule has 0 unspecified atom stereocenters. The van der Waals surface area contributed by atoms with Gasteiger partial charge in [-0.3, -0.25) is 0 Å². The molecule has 132 valence electrons. The van der Waals surface area contributed by atoms with Crippen LogP contribution in [0.4, 0.5) is 17.1 Å². The summed E-state index contributed by atoms with van der Waals surface area (Å²) in [7, 11) is 0. The van der Waals surface area contributed by atoms with E-state index in [9.17, 15) is 0 Å². The Morgan fingerprint density at radius 3 is 2.04 bits per heavy atom. The molecule has 0 amide bonds. The SMILES string of the molecule is Clc1ccccc1N(c1ccccc1)c1ccc(C=Cc2ccsc2)cc1. The van der Waals surface area contributed by atoms with Crippen molar-refractivity contribution in [3.05, 3.63) is 112 Å². The van der Waals surface area contributed by atoms with E-state index in [0.717, 1.165) is 27.6 Å². The van der Waals surface area contributed by atoms with Crippen molar-refractivity contribution in [2.75, 3.05) is 4.90 Å². The lowest BCUT2D eigenvalue weighted by Gasteiger charge is -2.26. The summed E-state index contributed by atoms with van der Waals surface area (Å²) < 4.78 is 0. The highest BCUT2D eigenvalue weighted by Gasteiger charge is 2.14. The van der Waals surface area contributed by atoms with Gasteiger partial charge in [0.05, 0.1) is 10.7 Å². The van der Waals surface area contributed by atoms with Gasteiger partial charge in [-0.2, -0.15) is 11.3 Å². The average molecular weight is 388 g/mol. The molecule has 0 radical (unpaired) electrons. The molecule has 0 aliphatic carbocycles. The zero-order valence-corrected chi connectivity index (χ0v) is 16.2. The fourth-order valence-electron chi connectivity index (χ4n) is 2.93. The fourth-order valence-corrected chi connectivity index (χ4v) is 3.78. The first-order valence-corrected chi connectivity index (χ1v) is 10.0. The molecule has 0 saturated heterocycles. The highest BCUT2D eigenvalue weighted by Crippen LogP contribution is 2.38. The van der Waals surface area contributed by atoms with E-state index in [2.05, 4.69) is 70.3 Å². The van der Waals surface area contributed by atoms with Crippen molar-refractivity contribution < 1.29 is 0 Å². The number of nitrogens with zero attached hydrogens (tertiary/aromatic N) is 1. The van der Waals surface area contributed by atoms with Crippen LogP contribution < -0.4 is 4.90 Å². The van der Waals surface area contributed by atoms with E-state index in [4.69, 9.17) is 11.6 Å². The highest BCUT2D eigenvalue weighted by atomic mass is 35.5. The topological polar surface area (TPSA) is 3.24 Å². The maximum Gasteiger partial charge on any atom is 0.0647 e. The molecule has 0 bridgehead atoms. The molecule has 0 aliphatic rings. The second kappa shape index (κ2) is 8.26.